The molecule has 0 radical (unpaired) electrons. The summed E-state index contributed by atoms with van der Waals surface area (Å²) in [6.07, 6.45) is 0.587. The number of amides is 2. The van der Waals surface area contributed by atoms with E-state index in [2.05, 4.69) is 10.6 Å². The molecule has 0 fully saturated rings. The number of anilines is 1. The second-order valence-corrected chi connectivity index (χ2v) is 4.29. The van der Waals surface area contributed by atoms with Gasteiger partial charge in [0.25, 0.3) is 0 Å². The first kappa shape index (κ1) is 13.4. The average Bonchev–Trinajstić information content (AvgIpc) is 2.56. The molecule has 19 heavy (non-hydrogen) atoms. The van der Waals surface area contributed by atoms with Crippen LogP contribution in [-0.2, 0) is 16.0 Å². The number of fused-ring (bicyclic) bond motifs is 1. The van der Waals surface area contributed by atoms with Crippen molar-refractivity contribution in [1.29, 1.82) is 0 Å². The van der Waals surface area contributed by atoms with Crippen molar-refractivity contribution >= 4 is 17.5 Å². The first-order chi connectivity index (χ1) is 9.19. The molecular weight excluding hydrogens is 246 g/mol. The summed E-state index contributed by atoms with van der Waals surface area (Å²) < 4.78 is 5.44. The number of carbonyl (C=O) groups excluding carboxylic acids is 2. The molecule has 0 aliphatic carbocycles. The SMILES string of the molecule is NCCNC(=O)Cc1ccc2c(c1)NC(=O)CCO2. The molecule has 0 bridgehead atoms. The van der Waals surface area contributed by atoms with Gasteiger partial charge in [-0.2, -0.15) is 0 Å². The van der Waals surface area contributed by atoms with Gasteiger partial charge in [0.15, 0.2) is 0 Å². The quantitative estimate of drug-likeness (QED) is 0.714. The first-order valence-electron chi connectivity index (χ1n) is 6.21. The minimum absolute atomic E-state index is 0.0801. The molecule has 2 amide bonds. The Morgan fingerprint density at radius 2 is 2.32 bits per heavy atom. The van der Waals surface area contributed by atoms with Gasteiger partial charge in [0.1, 0.15) is 5.75 Å². The molecule has 2 rings (SSSR count). The second kappa shape index (κ2) is 6.19. The van der Waals surface area contributed by atoms with Gasteiger partial charge >= 0.3 is 0 Å². The third kappa shape index (κ3) is 3.69. The summed E-state index contributed by atoms with van der Waals surface area (Å²) in [5, 5.41) is 5.46. The monoisotopic (exact) mass is 263 g/mol. The van der Waals surface area contributed by atoms with E-state index in [-0.39, 0.29) is 18.2 Å². The molecule has 0 saturated heterocycles. The molecule has 0 aromatic heterocycles. The van der Waals surface area contributed by atoms with Crippen LogP contribution in [0.15, 0.2) is 18.2 Å². The molecule has 0 spiro atoms. The Hall–Kier alpha value is -2.08. The molecule has 6 heteroatoms. The van der Waals surface area contributed by atoms with Gasteiger partial charge in [-0.3, -0.25) is 9.59 Å². The Kier molecular flexibility index (Phi) is 4.35. The summed E-state index contributed by atoms with van der Waals surface area (Å²) in [5.74, 6) is 0.465. The molecular formula is C13H17N3O3. The van der Waals surface area contributed by atoms with Crippen LogP contribution >= 0.6 is 0 Å². The Morgan fingerprint density at radius 1 is 1.47 bits per heavy atom. The van der Waals surface area contributed by atoms with E-state index in [1.165, 1.54) is 0 Å². The molecule has 4 N–H and O–H groups in total. The molecule has 1 aromatic rings. The number of rotatable bonds is 4. The lowest BCUT2D eigenvalue weighted by Crippen LogP contribution is -2.30. The lowest BCUT2D eigenvalue weighted by atomic mass is 10.1. The van der Waals surface area contributed by atoms with E-state index < -0.39 is 0 Å². The Bertz CT molecular complexity index is 488. The van der Waals surface area contributed by atoms with Crippen molar-refractivity contribution in [2.45, 2.75) is 12.8 Å². The normalized spacial score (nSPS) is 13.8. The van der Waals surface area contributed by atoms with Crippen LogP contribution in [0, 0.1) is 0 Å². The summed E-state index contributed by atoms with van der Waals surface area (Å²) in [5.41, 5.74) is 6.75. The lowest BCUT2D eigenvalue weighted by molar-refractivity contribution is -0.120. The third-order valence-corrected chi connectivity index (χ3v) is 2.74. The van der Waals surface area contributed by atoms with E-state index in [1.807, 2.05) is 6.07 Å². The van der Waals surface area contributed by atoms with Crippen molar-refractivity contribution in [3.63, 3.8) is 0 Å². The van der Waals surface area contributed by atoms with Crippen LogP contribution in [0.2, 0.25) is 0 Å². The molecule has 1 heterocycles. The highest BCUT2D eigenvalue weighted by molar-refractivity contribution is 5.93. The van der Waals surface area contributed by atoms with Crippen LogP contribution in [0.5, 0.6) is 5.75 Å². The highest BCUT2D eigenvalue weighted by Crippen LogP contribution is 2.28. The highest BCUT2D eigenvalue weighted by Gasteiger charge is 2.14. The van der Waals surface area contributed by atoms with E-state index in [0.717, 1.165) is 5.56 Å². The van der Waals surface area contributed by atoms with Gasteiger partial charge in [0.2, 0.25) is 11.8 Å². The number of benzene rings is 1. The van der Waals surface area contributed by atoms with Gasteiger partial charge in [-0.1, -0.05) is 6.07 Å². The van der Waals surface area contributed by atoms with Crippen molar-refractivity contribution in [1.82, 2.24) is 5.32 Å². The number of ether oxygens (including phenoxy) is 1. The molecule has 0 atom stereocenters. The van der Waals surface area contributed by atoms with E-state index in [4.69, 9.17) is 10.5 Å². The maximum atomic E-state index is 11.6. The molecule has 1 aliphatic rings. The van der Waals surface area contributed by atoms with Crippen LogP contribution in [0.3, 0.4) is 0 Å². The van der Waals surface area contributed by atoms with Crippen LogP contribution in [0.4, 0.5) is 5.69 Å². The van der Waals surface area contributed by atoms with E-state index in [0.29, 0.717) is 37.6 Å². The summed E-state index contributed by atoms with van der Waals surface area (Å²) in [6.45, 7) is 1.25. The van der Waals surface area contributed by atoms with Crippen molar-refractivity contribution in [2.24, 2.45) is 5.73 Å². The lowest BCUT2D eigenvalue weighted by Gasteiger charge is -2.09. The summed E-state index contributed by atoms with van der Waals surface area (Å²) >= 11 is 0. The topological polar surface area (TPSA) is 93.5 Å². The Balaban J connectivity index is 2.07. The van der Waals surface area contributed by atoms with E-state index in [9.17, 15) is 9.59 Å². The third-order valence-electron chi connectivity index (χ3n) is 2.74. The van der Waals surface area contributed by atoms with Crippen molar-refractivity contribution in [3.8, 4) is 5.75 Å². The number of carbonyl (C=O) groups is 2. The van der Waals surface area contributed by atoms with Crippen LogP contribution in [0.1, 0.15) is 12.0 Å². The minimum atomic E-state index is -0.0914. The predicted molar refractivity (Wildman–Crippen MR) is 71.0 cm³/mol. The standard InChI is InChI=1S/C13H17N3O3/c14-4-5-15-13(18)8-9-1-2-11-10(7-9)16-12(17)3-6-19-11/h1-2,7H,3-6,8,14H2,(H,15,18)(H,16,17). The molecule has 1 aromatic carbocycles. The van der Waals surface area contributed by atoms with Crippen molar-refractivity contribution in [3.05, 3.63) is 23.8 Å². The minimum Gasteiger partial charge on any atom is -0.491 e. The fourth-order valence-electron chi connectivity index (χ4n) is 1.84. The molecule has 6 nitrogen and oxygen atoms in total. The summed E-state index contributed by atoms with van der Waals surface area (Å²) in [4.78, 5) is 23.0. The summed E-state index contributed by atoms with van der Waals surface area (Å²) in [6, 6.07) is 5.35. The fraction of sp³-hybridized carbons (Fsp3) is 0.385. The average molecular weight is 263 g/mol. The zero-order chi connectivity index (χ0) is 13.7. The molecule has 0 saturated carbocycles. The zero-order valence-corrected chi connectivity index (χ0v) is 10.6. The molecule has 0 unspecified atom stereocenters. The van der Waals surface area contributed by atoms with Crippen LogP contribution < -0.4 is 21.1 Å². The van der Waals surface area contributed by atoms with Crippen molar-refractivity contribution in [2.75, 3.05) is 25.0 Å². The van der Waals surface area contributed by atoms with E-state index in [1.54, 1.807) is 12.1 Å². The smallest absolute Gasteiger partial charge is 0.227 e. The Morgan fingerprint density at radius 3 is 3.11 bits per heavy atom. The van der Waals surface area contributed by atoms with Crippen molar-refractivity contribution < 1.29 is 14.3 Å². The first-order valence-corrected chi connectivity index (χ1v) is 6.21. The number of hydrogen-bond acceptors (Lipinski definition) is 4. The molecule has 102 valence electrons. The summed E-state index contributed by atoms with van der Waals surface area (Å²) in [7, 11) is 0. The maximum absolute atomic E-state index is 11.6. The maximum Gasteiger partial charge on any atom is 0.227 e. The predicted octanol–water partition coefficient (Wildman–Crippen LogP) is 0.0250. The van der Waals surface area contributed by atoms with Gasteiger partial charge in [-0.25, -0.2) is 0 Å². The van der Waals surface area contributed by atoms with Gasteiger partial charge in [-0.05, 0) is 17.7 Å². The highest BCUT2D eigenvalue weighted by atomic mass is 16.5. The van der Waals surface area contributed by atoms with Gasteiger partial charge in [-0.15, -0.1) is 0 Å². The number of hydrogen-bond donors (Lipinski definition) is 3. The Labute approximate surface area is 111 Å². The largest absolute Gasteiger partial charge is 0.491 e. The molecule has 1 aliphatic heterocycles. The van der Waals surface area contributed by atoms with Crippen LogP contribution in [0.25, 0.3) is 0 Å². The zero-order valence-electron chi connectivity index (χ0n) is 10.6. The van der Waals surface area contributed by atoms with Gasteiger partial charge in [0.05, 0.1) is 25.1 Å². The number of nitrogens with two attached hydrogens (primary N) is 1. The number of nitrogens with one attached hydrogen (secondary N) is 2. The second-order valence-electron chi connectivity index (χ2n) is 4.29. The fourth-order valence-corrected chi connectivity index (χ4v) is 1.84. The van der Waals surface area contributed by atoms with E-state index >= 15 is 0 Å². The van der Waals surface area contributed by atoms with Crippen LogP contribution in [-0.4, -0.2) is 31.5 Å². The van der Waals surface area contributed by atoms with Gasteiger partial charge < -0.3 is 21.1 Å². The van der Waals surface area contributed by atoms with Gasteiger partial charge in [0, 0.05) is 13.1 Å².